The highest BCUT2D eigenvalue weighted by atomic mass is 16.3. The maximum atomic E-state index is 10.1. The maximum Gasteiger partial charge on any atom is 0.0577 e. The largest absolute Gasteiger partial charge is 0.393 e. The van der Waals surface area contributed by atoms with Crippen molar-refractivity contribution in [1.82, 2.24) is 0 Å². The minimum Gasteiger partial charge on any atom is -0.393 e. The lowest BCUT2D eigenvalue weighted by molar-refractivity contribution is 0.112. The molecule has 0 aromatic heterocycles. The predicted octanol–water partition coefficient (Wildman–Crippen LogP) is 7.72. The van der Waals surface area contributed by atoms with Gasteiger partial charge in [0.25, 0.3) is 0 Å². The van der Waals surface area contributed by atoms with Gasteiger partial charge in [-0.05, 0) is 92.3 Å². The van der Waals surface area contributed by atoms with Gasteiger partial charge in [0, 0.05) is 0 Å². The summed E-state index contributed by atoms with van der Waals surface area (Å²) in [6, 6.07) is 0. The van der Waals surface area contributed by atoms with Crippen LogP contribution in [0.15, 0.2) is 35.5 Å². The molecule has 0 bridgehead atoms. The third-order valence-corrected chi connectivity index (χ3v) is 8.99. The monoisotopic (exact) mass is 398 g/mol. The van der Waals surface area contributed by atoms with Crippen LogP contribution in [0.4, 0.5) is 0 Å². The number of rotatable bonds is 5. The molecule has 0 radical (unpaired) electrons. The van der Waals surface area contributed by atoms with E-state index in [2.05, 4.69) is 65.8 Å². The van der Waals surface area contributed by atoms with E-state index in [4.69, 9.17) is 0 Å². The molecule has 0 aromatic rings. The highest BCUT2D eigenvalue weighted by Crippen LogP contribution is 2.59. The molecule has 3 rings (SSSR count). The number of hydrogen-bond donors (Lipinski definition) is 1. The van der Waals surface area contributed by atoms with Gasteiger partial charge in [0.1, 0.15) is 0 Å². The van der Waals surface area contributed by atoms with Crippen LogP contribution >= 0.6 is 0 Å². The van der Waals surface area contributed by atoms with Crippen LogP contribution < -0.4 is 0 Å². The molecular formula is C28H46O. The van der Waals surface area contributed by atoms with Gasteiger partial charge >= 0.3 is 0 Å². The smallest absolute Gasteiger partial charge is 0.0577 e. The lowest BCUT2D eigenvalue weighted by atomic mass is 9.61. The van der Waals surface area contributed by atoms with E-state index in [1.165, 1.54) is 37.7 Å². The molecule has 29 heavy (non-hydrogen) atoms. The number of aliphatic hydroxyl groups is 1. The third-order valence-electron chi connectivity index (χ3n) is 8.99. The normalized spacial score (nSPS) is 40.7. The van der Waals surface area contributed by atoms with Crippen molar-refractivity contribution in [3.05, 3.63) is 35.5 Å². The molecule has 0 aliphatic heterocycles. The molecule has 0 saturated heterocycles. The average molecular weight is 399 g/mol. The van der Waals surface area contributed by atoms with Crippen molar-refractivity contribution in [1.29, 1.82) is 0 Å². The van der Waals surface area contributed by atoms with Gasteiger partial charge in [-0.2, -0.15) is 0 Å². The molecule has 3 saturated carbocycles. The Kier molecular flexibility index (Phi) is 7.52. The summed E-state index contributed by atoms with van der Waals surface area (Å²) in [7, 11) is 0. The van der Waals surface area contributed by atoms with Gasteiger partial charge < -0.3 is 5.11 Å². The van der Waals surface area contributed by atoms with Crippen LogP contribution in [-0.4, -0.2) is 11.2 Å². The fourth-order valence-electron chi connectivity index (χ4n) is 6.50. The van der Waals surface area contributed by atoms with Gasteiger partial charge in [-0.15, -0.1) is 0 Å². The Morgan fingerprint density at radius 1 is 0.966 bits per heavy atom. The Hall–Kier alpha value is -0.820. The minimum atomic E-state index is -0.121. The molecule has 1 heteroatoms. The third kappa shape index (κ3) is 5.09. The molecule has 7 atom stereocenters. The second kappa shape index (κ2) is 9.54. The minimum absolute atomic E-state index is 0.121. The van der Waals surface area contributed by atoms with Gasteiger partial charge in [-0.3, -0.25) is 0 Å². The maximum absolute atomic E-state index is 10.1. The Morgan fingerprint density at radius 2 is 1.69 bits per heavy atom. The van der Waals surface area contributed by atoms with Gasteiger partial charge in [-0.25, -0.2) is 0 Å². The van der Waals surface area contributed by atoms with E-state index in [0.29, 0.717) is 23.2 Å². The van der Waals surface area contributed by atoms with Crippen molar-refractivity contribution >= 4 is 0 Å². The number of aliphatic hydroxyl groups excluding tert-OH is 1. The van der Waals surface area contributed by atoms with E-state index >= 15 is 0 Å². The number of fused-ring (bicyclic) bond motifs is 1. The lowest BCUT2D eigenvalue weighted by Gasteiger charge is -2.44. The van der Waals surface area contributed by atoms with E-state index in [9.17, 15) is 5.11 Å². The first-order chi connectivity index (χ1) is 13.7. The summed E-state index contributed by atoms with van der Waals surface area (Å²) in [6.07, 6.45) is 19.5. The van der Waals surface area contributed by atoms with Gasteiger partial charge in [0.15, 0.2) is 0 Å². The fraction of sp³-hybridized carbons (Fsp3) is 0.786. The standard InChI is InChI=1S/C28H46O/c1-19(2)20(3)9-10-22(5)26-15-16-27-23(8-7-17-28(26,27)6)12-13-24-18-25(29)14-11-21(24)4/h9-10,12-13,19-22,25-27,29H,7-8,11,14-18H2,1-6H3/b10-9+,23-12+,24-13?. The zero-order valence-electron chi connectivity index (χ0n) is 20.0. The molecule has 0 spiro atoms. The number of hydrogen-bond acceptors (Lipinski definition) is 1. The zero-order chi connectivity index (χ0) is 21.2. The molecule has 3 fully saturated rings. The topological polar surface area (TPSA) is 20.2 Å². The van der Waals surface area contributed by atoms with Crippen molar-refractivity contribution in [2.45, 2.75) is 99.0 Å². The summed E-state index contributed by atoms with van der Waals surface area (Å²) in [5.41, 5.74) is 3.63. The Morgan fingerprint density at radius 3 is 2.41 bits per heavy atom. The SMILES string of the molecule is CC1CCC(O)CC1=C/C=C1\CCCC2(C)C1CCC2C(C)/C=C/C(C)C(C)C. The van der Waals surface area contributed by atoms with E-state index < -0.39 is 0 Å². The van der Waals surface area contributed by atoms with E-state index in [-0.39, 0.29) is 6.10 Å². The molecule has 1 nitrogen and oxygen atoms in total. The average Bonchev–Trinajstić information content (AvgIpc) is 3.04. The van der Waals surface area contributed by atoms with E-state index in [0.717, 1.165) is 37.0 Å². The van der Waals surface area contributed by atoms with E-state index in [1.54, 1.807) is 5.57 Å². The molecule has 0 amide bonds. The van der Waals surface area contributed by atoms with Crippen LogP contribution in [0.3, 0.4) is 0 Å². The Bertz CT molecular complexity index is 639. The van der Waals surface area contributed by atoms with Crippen LogP contribution in [-0.2, 0) is 0 Å². The summed E-state index contributed by atoms with van der Waals surface area (Å²) >= 11 is 0. The highest BCUT2D eigenvalue weighted by molar-refractivity contribution is 5.27. The van der Waals surface area contributed by atoms with Crippen molar-refractivity contribution < 1.29 is 5.11 Å². The van der Waals surface area contributed by atoms with Crippen molar-refractivity contribution in [3.8, 4) is 0 Å². The molecular weight excluding hydrogens is 352 g/mol. The Balaban J connectivity index is 1.74. The predicted molar refractivity (Wildman–Crippen MR) is 126 cm³/mol. The van der Waals surface area contributed by atoms with Crippen LogP contribution in [0.2, 0.25) is 0 Å². The summed E-state index contributed by atoms with van der Waals surface area (Å²) in [4.78, 5) is 0. The summed E-state index contributed by atoms with van der Waals surface area (Å²) in [6.45, 7) is 14.4. The van der Waals surface area contributed by atoms with Crippen molar-refractivity contribution in [2.75, 3.05) is 0 Å². The zero-order valence-corrected chi connectivity index (χ0v) is 20.0. The van der Waals surface area contributed by atoms with Gasteiger partial charge in [0.05, 0.1) is 6.10 Å². The van der Waals surface area contributed by atoms with Crippen LogP contribution in [0.25, 0.3) is 0 Å². The molecule has 3 aliphatic carbocycles. The summed E-state index contributed by atoms with van der Waals surface area (Å²) in [5, 5.41) is 10.1. The molecule has 1 N–H and O–H groups in total. The van der Waals surface area contributed by atoms with Crippen LogP contribution in [0.5, 0.6) is 0 Å². The summed E-state index contributed by atoms with van der Waals surface area (Å²) in [5.74, 6) is 4.29. The second-order valence-corrected chi connectivity index (χ2v) is 11.3. The second-order valence-electron chi connectivity index (χ2n) is 11.3. The first kappa shape index (κ1) is 22.9. The highest BCUT2D eigenvalue weighted by Gasteiger charge is 2.50. The fourth-order valence-corrected chi connectivity index (χ4v) is 6.50. The first-order valence-corrected chi connectivity index (χ1v) is 12.5. The van der Waals surface area contributed by atoms with Crippen LogP contribution in [0.1, 0.15) is 92.9 Å². The quantitative estimate of drug-likeness (QED) is 0.470. The molecule has 0 heterocycles. The molecule has 164 valence electrons. The van der Waals surface area contributed by atoms with Gasteiger partial charge in [-0.1, -0.05) is 77.0 Å². The van der Waals surface area contributed by atoms with Crippen molar-refractivity contribution in [2.24, 2.45) is 40.9 Å². The van der Waals surface area contributed by atoms with Crippen LogP contribution in [0, 0.1) is 40.9 Å². The van der Waals surface area contributed by atoms with E-state index in [1.807, 2.05) is 0 Å². The number of allylic oxidation sites excluding steroid dienone is 5. The summed E-state index contributed by atoms with van der Waals surface area (Å²) < 4.78 is 0. The molecule has 7 unspecified atom stereocenters. The van der Waals surface area contributed by atoms with Crippen molar-refractivity contribution in [3.63, 3.8) is 0 Å². The van der Waals surface area contributed by atoms with Gasteiger partial charge in [0.2, 0.25) is 0 Å². The Labute approximate surface area is 180 Å². The lowest BCUT2D eigenvalue weighted by Crippen LogP contribution is -2.35. The first-order valence-electron chi connectivity index (χ1n) is 12.5. The molecule has 3 aliphatic rings. The molecule has 0 aromatic carbocycles.